The molecule has 1 aliphatic heterocycles. The summed E-state index contributed by atoms with van der Waals surface area (Å²) in [6, 6.07) is 11.2. The number of carbonyl (C=O) groups excluding carboxylic acids is 1. The molecular weight excluding hydrogens is 392 g/mol. The predicted molar refractivity (Wildman–Crippen MR) is 113 cm³/mol. The van der Waals surface area contributed by atoms with E-state index in [-0.39, 0.29) is 12.5 Å². The maximum absolute atomic E-state index is 12.8. The van der Waals surface area contributed by atoms with Crippen LogP contribution in [0, 0.1) is 0 Å². The molecular formula is C20H21ClN6O2. The molecule has 9 heteroatoms. The smallest absolute Gasteiger partial charge is 0.243 e. The highest BCUT2D eigenvalue weighted by atomic mass is 35.5. The quantitative estimate of drug-likeness (QED) is 0.694. The summed E-state index contributed by atoms with van der Waals surface area (Å²) in [6.45, 7) is 1.35. The zero-order valence-electron chi connectivity index (χ0n) is 16.2. The number of nitrogens with one attached hydrogen (secondary N) is 1. The van der Waals surface area contributed by atoms with Gasteiger partial charge >= 0.3 is 0 Å². The molecule has 1 amide bonds. The maximum Gasteiger partial charge on any atom is 0.243 e. The Labute approximate surface area is 173 Å². The molecule has 4 rings (SSSR count). The molecule has 0 atom stereocenters. The summed E-state index contributed by atoms with van der Waals surface area (Å²) in [5.74, 6) is 0.625. The third kappa shape index (κ3) is 4.12. The summed E-state index contributed by atoms with van der Waals surface area (Å²) in [4.78, 5) is 20.8. The van der Waals surface area contributed by atoms with Gasteiger partial charge in [-0.1, -0.05) is 11.6 Å². The molecule has 0 radical (unpaired) electrons. The zero-order chi connectivity index (χ0) is 20.4. The van der Waals surface area contributed by atoms with Crippen molar-refractivity contribution in [1.82, 2.24) is 14.8 Å². The van der Waals surface area contributed by atoms with Gasteiger partial charge in [-0.05, 0) is 30.3 Å². The van der Waals surface area contributed by atoms with E-state index < -0.39 is 0 Å². The molecule has 0 saturated carbocycles. The van der Waals surface area contributed by atoms with Gasteiger partial charge in [0, 0.05) is 30.9 Å². The molecule has 1 aromatic heterocycles. The molecule has 3 aromatic rings. The number of amides is 1. The number of nitrogens with zero attached hydrogens (tertiary/aromatic N) is 5. The zero-order valence-corrected chi connectivity index (χ0v) is 16.9. The molecule has 8 nitrogen and oxygen atoms in total. The van der Waals surface area contributed by atoms with Crippen molar-refractivity contribution in [3.05, 3.63) is 54.1 Å². The Morgan fingerprint density at radius 2 is 2.07 bits per heavy atom. The van der Waals surface area contributed by atoms with E-state index in [2.05, 4.69) is 15.4 Å². The molecule has 1 aliphatic rings. The number of carbonyl (C=O) groups is 1. The van der Waals surface area contributed by atoms with Crippen LogP contribution < -0.4 is 19.9 Å². The Morgan fingerprint density at radius 3 is 2.83 bits per heavy atom. The van der Waals surface area contributed by atoms with Gasteiger partial charge in [-0.15, -0.1) is 0 Å². The third-order valence-corrected chi connectivity index (χ3v) is 4.89. The summed E-state index contributed by atoms with van der Waals surface area (Å²) < 4.78 is 7.37. The van der Waals surface area contributed by atoms with Crippen LogP contribution in [0.15, 0.2) is 49.1 Å². The first-order valence-corrected chi connectivity index (χ1v) is 9.52. The van der Waals surface area contributed by atoms with E-state index in [1.807, 2.05) is 42.1 Å². The lowest BCUT2D eigenvalue weighted by atomic mass is 10.2. The Balaban J connectivity index is 1.53. The van der Waals surface area contributed by atoms with Crippen LogP contribution in [0.4, 0.5) is 17.1 Å². The van der Waals surface area contributed by atoms with E-state index in [1.165, 1.54) is 6.33 Å². The summed E-state index contributed by atoms with van der Waals surface area (Å²) >= 11 is 6.13. The van der Waals surface area contributed by atoms with Crippen LogP contribution in [0.5, 0.6) is 5.75 Å². The fourth-order valence-electron chi connectivity index (χ4n) is 3.21. The van der Waals surface area contributed by atoms with E-state index >= 15 is 0 Å². The van der Waals surface area contributed by atoms with Crippen LogP contribution in [-0.2, 0) is 4.79 Å². The molecule has 0 unspecified atom stereocenters. The first kappa shape index (κ1) is 19.1. The molecule has 0 bridgehead atoms. The van der Waals surface area contributed by atoms with Crippen molar-refractivity contribution in [2.24, 2.45) is 0 Å². The number of halogens is 1. The summed E-state index contributed by atoms with van der Waals surface area (Å²) in [7, 11) is 3.96. The molecule has 2 aromatic carbocycles. The molecule has 1 N–H and O–H groups in total. The first-order chi connectivity index (χ1) is 14.0. The van der Waals surface area contributed by atoms with Gasteiger partial charge in [-0.25, -0.2) is 9.67 Å². The van der Waals surface area contributed by atoms with Crippen molar-refractivity contribution in [3.63, 3.8) is 0 Å². The molecule has 150 valence electrons. The second-order valence-corrected chi connectivity index (χ2v) is 7.30. The van der Waals surface area contributed by atoms with Crippen LogP contribution in [0.2, 0.25) is 5.02 Å². The van der Waals surface area contributed by atoms with Gasteiger partial charge in [0.25, 0.3) is 0 Å². The number of ether oxygens (including phenoxy) is 1. The number of hydrogen-bond donors (Lipinski definition) is 1. The van der Waals surface area contributed by atoms with Crippen LogP contribution in [0.1, 0.15) is 0 Å². The lowest BCUT2D eigenvalue weighted by Crippen LogP contribution is -2.39. The van der Waals surface area contributed by atoms with Gasteiger partial charge in [0.2, 0.25) is 5.91 Å². The lowest BCUT2D eigenvalue weighted by molar-refractivity contribution is -0.115. The van der Waals surface area contributed by atoms with Gasteiger partial charge in [0.05, 0.1) is 30.2 Å². The maximum atomic E-state index is 12.8. The molecule has 2 heterocycles. The van der Waals surface area contributed by atoms with E-state index in [1.54, 1.807) is 29.2 Å². The number of aromatic nitrogens is 3. The van der Waals surface area contributed by atoms with E-state index in [9.17, 15) is 4.79 Å². The second-order valence-electron chi connectivity index (χ2n) is 6.87. The Morgan fingerprint density at radius 1 is 1.24 bits per heavy atom. The van der Waals surface area contributed by atoms with Gasteiger partial charge in [-0.2, -0.15) is 5.10 Å². The Hall–Kier alpha value is -3.26. The SMILES string of the molecule is CN(C)c1ccc2c(c1)OCCN2CC(=O)Nc1cc(Cl)ccc1-n1cncn1. The van der Waals surface area contributed by atoms with Gasteiger partial charge in [0.1, 0.15) is 25.0 Å². The molecule has 0 fully saturated rings. The average molecular weight is 413 g/mol. The minimum atomic E-state index is -0.154. The van der Waals surface area contributed by atoms with E-state index in [0.29, 0.717) is 29.5 Å². The molecule has 0 saturated heterocycles. The standard InChI is InChI=1S/C20H21ClN6O2/c1-25(2)15-4-6-18-19(10-15)29-8-7-26(18)11-20(28)24-16-9-14(21)3-5-17(16)27-13-22-12-23-27/h3-6,9-10,12-13H,7-8,11H2,1-2H3,(H,24,28). The highest BCUT2D eigenvalue weighted by Gasteiger charge is 2.21. The van der Waals surface area contributed by atoms with Crippen molar-refractivity contribution in [1.29, 1.82) is 0 Å². The minimum Gasteiger partial charge on any atom is -0.489 e. The van der Waals surface area contributed by atoms with Gasteiger partial charge < -0.3 is 19.9 Å². The highest BCUT2D eigenvalue weighted by molar-refractivity contribution is 6.31. The topological polar surface area (TPSA) is 75.5 Å². The second kappa shape index (κ2) is 8.00. The number of benzene rings is 2. The fourth-order valence-corrected chi connectivity index (χ4v) is 3.38. The minimum absolute atomic E-state index is 0.154. The Bertz CT molecular complexity index is 1020. The lowest BCUT2D eigenvalue weighted by Gasteiger charge is -2.31. The van der Waals surface area contributed by atoms with Crippen LogP contribution in [-0.4, -0.2) is 54.5 Å². The van der Waals surface area contributed by atoms with E-state index in [4.69, 9.17) is 16.3 Å². The van der Waals surface area contributed by atoms with Crippen molar-refractivity contribution >= 4 is 34.6 Å². The van der Waals surface area contributed by atoms with Gasteiger partial charge in [0.15, 0.2) is 0 Å². The van der Waals surface area contributed by atoms with E-state index in [0.717, 1.165) is 17.1 Å². The predicted octanol–water partition coefficient (Wildman–Crippen LogP) is 2.82. The van der Waals surface area contributed by atoms with Crippen LogP contribution >= 0.6 is 11.6 Å². The monoisotopic (exact) mass is 412 g/mol. The average Bonchev–Trinajstić information content (AvgIpc) is 3.22. The number of hydrogen-bond acceptors (Lipinski definition) is 6. The third-order valence-electron chi connectivity index (χ3n) is 4.65. The highest BCUT2D eigenvalue weighted by Crippen LogP contribution is 2.34. The summed E-state index contributed by atoms with van der Waals surface area (Å²) in [6.07, 6.45) is 3.01. The fraction of sp³-hybridized carbons (Fsp3) is 0.250. The van der Waals surface area contributed by atoms with Crippen LogP contribution in [0.3, 0.4) is 0 Å². The normalized spacial score (nSPS) is 12.9. The van der Waals surface area contributed by atoms with Crippen molar-refractivity contribution in [3.8, 4) is 11.4 Å². The van der Waals surface area contributed by atoms with Gasteiger partial charge in [-0.3, -0.25) is 4.79 Å². The van der Waals surface area contributed by atoms with Crippen molar-refractivity contribution in [2.45, 2.75) is 0 Å². The molecule has 0 spiro atoms. The number of fused-ring (bicyclic) bond motifs is 1. The van der Waals surface area contributed by atoms with Crippen molar-refractivity contribution in [2.75, 3.05) is 48.9 Å². The van der Waals surface area contributed by atoms with Crippen LogP contribution in [0.25, 0.3) is 5.69 Å². The number of anilines is 3. The summed E-state index contributed by atoms with van der Waals surface area (Å²) in [5, 5.41) is 7.60. The number of rotatable bonds is 5. The largest absolute Gasteiger partial charge is 0.489 e. The van der Waals surface area contributed by atoms with Crippen molar-refractivity contribution < 1.29 is 9.53 Å². The summed E-state index contributed by atoms with van der Waals surface area (Å²) in [5.41, 5.74) is 3.22. The first-order valence-electron chi connectivity index (χ1n) is 9.15. The molecule has 0 aliphatic carbocycles. The molecule has 29 heavy (non-hydrogen) atoms. The Kier molecular flexibility index (Phi) is 5.26.